The molecular formula is C13H20N4S. The van der Waals surface area contributed by atoms with Gasteiger partial charge in [0.2, 0.25) is 0 Å². The molecular weight excluding hydrogens is 244 g/mol. The van der Waals surface area contributed by atoms with Gasteiger partial charge in [-0.2, -0.15) is 5.10 Å². The van der Waals surface area contributed by atoms with Gasteiger partial charge in [0.15, 0.2) is 0 Å². The number of thiophene rings is 1. The number of nitrogens with two attached hydrogens (primary N) is 1. The fraction of sp³-hybridized carbons (Fsp3) is 0.462. The van der Waals surface area contributed by atoms with Crippen molar-refractivity contribution < 1.29 is 0 Å². The van der Waals surface area contributed by atoms with Crippen LogP contribution in [0.2, 0.25) is 0 Å². The average molecular weight is 264 g/mol. The van der Waals surface area contributed by atoms with E-state index in [-0.39, 0.29) is 6.04 Å². The minimum Gasteiger partial charge on any atom is -0.323 e. The molecule has 0 spiro atoms. The van der Waals surface area contributed by atoms with Gasteiger partial charge in [-0.3, -0.25) is 4.68 Å². The lowest BCUT2D eigenvalue weighted by Crippen LogP contribution is -2.26. The van der Waals surface area contributed by atoms with Crippen LogP contribution >= 0.6 is 11.3 Å². The lowest BCUT2D eigenvalue weighted by Gasteiger charge is -2.10. The van der Waals surface area contributed by atoms with Crippen LogP contribution in [0.25, 0.3) is 0 Å². The maximum atomic E-state index is 6.09. The van der Waals surface area contributed by atoms with Gasteiger partial charge in [0.25, 0.3) is 0 Å². The largest absolute Gasteiger partial charge is 0.323 e. The Bertz CT molecular complexity index is 489. The van der Waals surface area contributed by atoms with Crippen LogP contribution < -0.4 is 11.1 Å². The van der Waals surface area contributed by atoms with Crippen LogP contribution in [0.3, 0.4) is 0 Å². The summed E-state index contributed by atoms with van der Waals surface area (Å²) in [4.78, 5) is 2.80. The van der Waals surface area contributed by atoms with E-state index in [1.807, 2.05) is 30.8 Å². The number of rotatable bonds is 6. The summed E-state index contributed by atoms with van der Waals surface area (Å²) in [6.07, 6.45) is 4.90. The molecule has 0 fully saturated rings. The normalized spacial score (nSPS) is 12.8. The molecule has 0 amide bonds. The Morgan fingerprint density at radius 3 is 2.83 bits per heavy atom. The topological polar surface area (TPSA) is 55.9 Å². The van der Waals surface area contributed by atoms with Crippen LogP contribution in [0.1, 0.15) is 28.3 Å². The highest BCUT2D eigenvalue weighted by molar-refractivity contribution is 7.11. The summed E-state index contributed by atoms with van der Waals surface area (Å²) in [7, 11) is 1.90. The molecule has 0 aliphatic carbocycles. The molecule has 0 aliphatic rings. The molecule has 2 rings (SSSR count). The summed E-state index contributed by atoms with van der Waals surface area (Å²) in [6.45, 7) is 3.84. The Balaban J connectivity index is 1.78. The van der Waals surface area contributed by atoms with Crippen molar-refractivity contribution in [3.8, 4) is 0 Å². The summed E-state index contributed by atoms with van der Waals surface area (Å²) >= 11 is 1.86. The van der Waals surface area contributed by atoms with Crippen molar-refractivity contribution in [3.05, 3.63) is 39.8 Å². The fourth-order valence-corrected chi connectivity index (χ4v) is 2.74. The van der Waals surface area contributed by atoms with Gasteiger partial charge in [-0.1, -0.05) is 6.92 Å². The minimum absolute atomic E-state index is 0.00399. The first-order chi connectivity index (χ1) is 8.69. The Morgan fingerprint density at radius 1 is 1.44 bits per heavy atom. The van der Waals surface area contributed by atoms with Gasteiger partial charge >= 0.3 is 0 Å². The molecule has 0 radical (unpaired) electrons. The van der Waals surface area contributed by atoms with Crippen molar-refractivity contribution in [1.82, 2.24) is 15.1 Å². The van der Waals surface area contributed by atoms with E-state index in [0.29, 0.717) is 0 Å². The molecule has 98 valence electrons. The third kappa shape index (κ3) is 3.41. The van der Waals surface area contributed by atoms with Crippen molar-refractivity contribution in [2.24, 2.45) is 12.8 Å². The molecule has 2 aromatic rings. The van der Waals surface area contributed by atoms with E-state index >= 15 is 0 Å². The van der Waals surface area contributed by atoms with Crippen molar-refractivity contribution >= 4 is 11.3 Å². The maximum Gasteiger partial charge on any atom is 0.0537 e. The first-order valence-corrected chi connectivity index (χ1v) is 7.03. The Labute approximate surface area is 112 Å². The van der Waals surface area contributed by atoms with Gasteiger partial charge in [0.05, 0.1) is 6.20 Å². The molecule has 2 heterocycles. The smallest absolute Gasteiger partial charge is 0.0537 e. The van der Waals surface area contributed by atoms with Gasteiger partial charge in [-0.05, 0) is 18.6 Å². The van der Waals surface area contributed by atoms with E-state index in [1.54, 1.807) is 4.68 Å². The maximum absolute atomic E-state index is 6.09. The molecule has 4 nitrogen and oxygen atoms in total. The second kappa shape index (κ2) is 6.13. The number of nitrogens with one attached hydrogen (secondary N) is 1. The molecule has 2 aromatic heterocycles. The zero-order valence-electron chi connectivity index (χ0n) is 10.9. The molecule has 0 aromatic carbocycles. The van der Waals surface area contributed by atoms with Crippen LogP contribution in [0.15, 0.2) is 24.5 Å². The lowest BCUT2D eigenvalue weighted by atomic mass is 10.2. The van der Waals surface area contributed by atoms with E-state index in [9.17, 15) is 0 Å². The van der Waals surface area contributed by atoms with Crippen molar-refractivity contribution in [3.63, 3.8) is 0 Å². The number of aryl methyl sites for hydroxylation is 2. The summed E-state index contributed by atoms with van der Waals surface area (Å²) in [5.41, 5.74) is 7.17. The van der Waals surface area contributed by atoms with Gasteiger partial charge in [-0.15, -0.1) is 11.3 Å². The highest BCUT2D eigenvalue weighted by Crippen LogP contribution is 2.16. The third-order valence-corrected chi connectivity index (χ3v) is 4.11. The third-order valence-electron chi connectivity index (χ3n) is 2.88. The molecule has 0 saturated heterocycles. The summed E-state index contributed by atoms with van der Waals surface area (Å²) in [5, 5.41) is 7.52. The summed E-state index contributed by atoms with van der Waals surface area (Å²) in [6, 6.07) is 4.39. The number of hydrogen-bond donors (Lipinski definition) is 2. The number of aromatic nitrogens is 2. The number of hydrogen-bond acceptors (Lipinski definition) is 4. The van der Waals surface area contributed by atoms with Crippen LogP contribution in [-0.2, 0) is 20.0 Å². The highest BCUT2D eigenvalue weighted by Gasteiger charge is 2.07. The van der Waals surface area contributed by atoms with Crippen molar-refractivity contribution in [2.45, 2.75) is 25.9 Å². The van der Waals surface area contributed by atoms with E-state index in [1.165, 1.54) is 9.75 Å². The minimum atomic E-state index is 0.00399. The van der Waals surface area contributed by atoms with Gasteiger partial charge in [0.1, 0.15) is 0 Å². The average Bonchev–Trinajstić information content (AvgIpc) is 2.98. The van der Waals surface area contributed by atoms with Gasteiger partial charge in [0, 0.05) is 47.7 Å². The van der Waals surface area contributed by atoms with E-state index < -0.39 is 0 Å². The highest BCUT2D eigenvalue weighted by atomic mass is 32.1. The van der Waals surface area contributed by atoms with Gasteiger partial charge in [-0.25, -0.2) is 0 Å². The molecule has 3 N–H and O–H groups in total. The van der Waals surface area contributed by atoms with E-state index in [2.05, 4.69) is 29.5 Å². The zero-order valence-corrected chi connectivity index (χ0v) is 11.7. The van der Waals surface area contributed by atoms with Crippen LogP contribution in [-0.4, -0.2) is 16.3 Å². The SMILES string of the molecule is CCc1ccc(CNCC(N)c2cnn(C)c2)s1. The summed E-state index contributed by atoms with van der Waals surface area (Å²) < 4.78 is 1.78. The molecule has 18 heavy (non-hydrogen) atoms. The van der Waals surface area contributed by atoms with Crippen LogP contribution in [0, 0.1) is 0 Å². The molecule has 1 unspecified atom stereocenters. The molecule has 5 heteroatoms. The second-order valence-electron chi connectivity index (χ2n) is 4.41. The standard InChI is InChI=1S/C13H20N4S/c1-3-11-4-5-12(18-11)7-15-8-13(14)10-6-16-17(2)9-10/h4-6,9,13,15H,3,7-8,14H2,1-2H3. The van der Waals surface area contributed by atoms with E-state index in [4.69, 9.17) is 5.73 Å². The predicted octanol–water partition coefficient (Wildman–Crippen LogP) is 1.83. The molecule has 0 bridgehead atoms. The Hall–Kier alpha value is -1.17. The van der Waals surface area contributed by atoms with E-state index in [0.717, 1.165) is 25.1 Å². The van der Waals surface area contributed by atoms with Crippen LogP contribution in [0.5, 0.6) is 0 Å². The summed E-state index contributed by atoms with van der Waals surface area (Å²) in [5.74, 6) is 0. The quantitative estimate of drug-likeness (QED) is 0.837. The Kier molecular flexibility index (Phi) is 4.52. The predicted molar refractivity (Wildman–Crippen MR) is 75.5 cm³/mol. The van der Waals surface area contributed by atoms with Crippen molar-refractivity contribution in [1.29, 1.82) is 0 Å². The second-order valence-corrected chi connectivity index (χ2v) is 5.66. The Morgan fingerprint density at radius 2 is 2.22 bits per heavy atom. The lowest BCUT2D eigenvalue weighted by molar-refractivity contribution is 0.601. The molecule has 1 atom stereocenters. The molecule has 0 saturated carbocycles. The fourth-order valence-electron chi connectivity index (χ4n) is 1.81. The number of nitrogens with zero attached hydrogens (tertiary/aromatic N) is 2. The first kappa shape index (κ1) is 13.3. The van der Waals surface area contributed by atoms with Crippen LogP contribution in [0.4, 0.5) is 0 Å². The van der Waals surface area contributed by atoms with Gasteiger partial charge < -0.3 is 11.1 Å². The molecule has 0 aliphatic heterocycles. The van der Waals surface area contributed by atoms with Crippen molar-refractivity contribution in [2.75, 3.05) is 6.54 Å². The monoisotopic (exact) mass is 264 g/mol. The zero-order chi connectivity index (χ0) is 13.0. The first-order valence-electron chi connectivity index (χ1n) is 6.21.